The maximum Gasteiger partial charge on any atom is 0.260 e. The molecule has 0 bridgehead atoms. The van der Waals surface area contributed by atoms with Gasteiger partial charge in [-0.25, -0.2) is 4.98 Å². The standard InChI is InChI=1S/C19H22N2O3/c1-15-5-4-12-21(13-15)19(22)14-23-16-7-9-17(10-8-16)24-18-6-2-3-11-20-18/h2-3,6-11,15H,4-5,12-14H2,1H3. The molecule has 1 aliphatic heterocycles. The number of pyridine rings is 1. The Kier molecular flexibility index (Phi) is 5.31. The maximum atomic E-state index is 12.2. The highest BCUT2D eigenvalue weighted by atomic mass is 16.5. The second-order valence-electron chi connectivity index (χ2n) is 6.12. The molecule has 3 rings (SSSR count). The topological polar surface area (TPSA) is 51.7 Å². The first-order valence-corrected chi connectivity index (χ1v) is 8.30. The first-order valence-electron chi connectivity index (χ1n) is 8.30. The molecule has 1 fully saturated rings. The van der Waals surface area contributed by atoms with E-state index in [9.17, 15) is 4.79 Å². The first kappa shape index (κ1) is 16.3. The van der Waals surface area contributed by atoms with Crippen LogP contribution in [0.1, 0.15) is 19.8 Å². The van der Waals surface area contributed by atoms with Crippen LogP contribution in [-0.2, 0) is 4.79 Å². The average molecular weight is 326 g/mol. The van der Waals surface area contributed by atoms with Gasteiger partial charge in [-0.1, -0.05) is 13.0 Å². The molecule has 1 amide bonds. The van der Waals surface area contributed by atoms with Crippen LogP contribution in [0, 0.1) is 5.92 Å². The third-order valence-electron chi connectivity index (χ3n) is 4.06. The van der Waals surface area contributed by atoms with Crippen molar-refractivity contribution < 1.29 is 14.3 Å². The Morgan fingerprint density at radius 2 is 2.00 bits per heavy atom. The first-order chi connectivity index (χ1) is 11.7. The van der Waals surface area contributed by atoms with E-state index in [0.29, 0.717) is 23.3 Å². The predicted molar refractivity (Wildman–Crippen MR) is 91.2 cm³/mol. The smallest absolute Gasteiger partial charge is 0.260 e. The number of ether oxygens (including phenoxy) is 2. The number of aromatic nitrogens is 1. The molecule has 1 aromatic carbocycles. The summed E-state index contributed by atoms with van der Waals surface area (Å²) in [6.45, 7) is 3.93. The summed E-state index contributed by atoms with van der Waals surface area (Å²) >= 11 is 0. The zero-order valence-electron chi connectivity index (χ0n) is 13.9. The van der Waals surface area contributed by atoms with Crippen molar-refractivity contribution in [3.63, 3.8) is 0 Å². The highest BCUT2D eigenvalue weighted by molar-refractivity contribution is 5.77. The second-order valence-corrected chi connectivity index (χ2v) is 6.12. The van der Waals surface area contributed by atoms with Gasteiger partial charge in [0.05, 0.1) is 0 Å². The van der Waals surface area contributed by atoms with Gasteiger partial charge in [-0.05, 0) is 49.1 Å². The van der Waals surface area contributed by atoms with Gasteiger partial charge in [0, 0.05) is 25.4 Å². The predicted octanol–water partition coefficient (Wildman–Crippen LogP) is 3.51. The zero-order chi connectivity index (χ0) is 16.8. The molecule has 0 saturated carbocycles. The van der Waals surface area contributed by atoms with Crippen molar-refractivity contribution in [3.8, 4) is 17.4 Å². The van der Waals surface area contributed by atoms with Gasteiger partial charge in [-0.2, -0.15) is 0 Å². The molecule has 0 aliphatic carbocycles. The number of benzene rings is 1. The molecule has 2 heterocycles. The lowest BCUT2D eigenvalue weighted by Crippen LogP contribution is -2.41. The van der Waals surface area contributed by atoms with Crippen LogP contribution in [0.3, 0.4) is 0 Å². The summed E-state index contributed by atoms with van der Waals surface area (Å²) in [5.74, 6) is 2.50. The fourth-order valence-corrected chi connectivity index (χ4v) is 2.78. The molecule has 0 spiro atoms. The third-order valence-corrected chi connectivity index (χ3v) is 4.06. The number of likely N-dealkylation sites (tertiary alicyclic amines) is 1. The van der Waals surface area contributed by atoms with Crippen LogP contribution in [0.4, 0.5) is 0 Å². The molecule has 2 aromatic rings. The van der Waals surface area contributed by atoms with Crippen LogP contribution in [0.15, 0.2) is 48.7 Å². The Morgan fingerprint density at radius 3 is 2.71 bits per heavy atom. The summed E-state index contributed by atoms with van der Waals surface area (Å²) in [6.07, 6.45) is 3.95. The molecule has 5 heteroatoms. The van der Waals surface area contributed by atoms with Crippen molar-refractivity contribution >= 4 is 5.91 Å². The lowest BCUT2D eigenvalue weighted by molar-refractivity contribution is -0.135. The van der Waals surface area contributed by atoms with E-state index in [-0.39, 0.29) is 12.5 Å². The van der Waals surface area contributed by atoms with Crippen LogP contribution < -0.4 is 9.47 Å². The fraction of sp³-hybridized carbons (Fsp3) is 0.368. The molecule has 1 unspecified atom stereocenters. The highest BCUT2D eigenvalue weighted by Gasteiger charge is 2.21. The van der Waals surface area contributed by atoms with Crippen LogP contribution in [0.5, 0.6) is 17.4 Å². The van der Waals surface area contributed by atoms with Crippen LogP contribution in [-0.4, -0.2) is 35.5 Å². The quantitative estimate of drug-likeness (QED) is 0.844. The summed E-state index contributed by atoms with van der Waals surface area (Å²) in [5.41, 5.74) is 0. The number of amides is 1. The minimum Gasteiger partial charge on any atom is -0.484 e. The summed E-state index contributed by atoms with van der Waals surface area (Å²) < 4.78 is 11.2. The number of rotatable bonds is 5. The molecule has 1 aromatic heterocycles. The Labute approximate surface area is 142 Å². The van der Waals surface area contributed by atoms with Crippen molar-refractivity contribution in [1.82, 2.24) is 9.88 Å². The normalized spacial score (nSPS) is 17.4. The van der Waals surface area contributed by atoms with E-state index >= 15 is 0 Å². The lowest BCUT2D eigenvalue weighted by atomic mass is 10.0. The molecular formula is C19H22N2O3. The van der Waals surface area contributed by atoms with E-state index in [0.717, 1.165) is 19.5 Å². The van der Waals surface area contributed by atoms with Crippen LogP contribution in [0.25, 0.3) is 0 Å². The van der Waals surface area contributed by atoms with E-state index in [4.69, 9.17) is 9.47 Å². The van der Waals surface area contributed by atoms with E-state index in [2.05, 4.69) is 11.9 Å². The van der Waals surface area contributed by atoms with Crippen molar-refractivity contribution in [1.29, 1.82) is 0 Å². The largest absolute Gasteiger partial charge is 0.484 e. The van der Waals surface area contributed by atoms with Crippen LogP contribution >= 0.6 is 0 Å². The SMILES string of the molecule is CC1CCCN(C(=O)COc2ccc(Oc3ccccn3)cc2)C1. The molecule has 0 N–H and O–H groups in total. The monoisotopic (exact) mass is 326 g/mol. The van der Waals surface area contributed by atoms with E-state index < -0.39 is 0 Å². The summed E-state index contributed by atoms with van der Waals surface area (Å²) in [7, 11) is 0. The Balaban J connectivity index is 1.50. The minimum absolute atomic E-state index is 0.0513. The summed E-state index contributed by atoms with van der Waals surface area (Å²) in [5, 5.41) is 0. The van der Waals surface area contributed by atoms with E-state index in [1.807, 2.05) is 17.0 Å². The van der Waals surface area contributed by atoms with Gasteiger partial charge in [-0.15, -0.1) is 0 Å². The average Bonchev–Trinajstić information content (AvgIpc) is 2.62. The van der Waals surface area contributed by atoms with Gasteiger partial charge >= 0.3 is 0 Å². The van der Waals surface area contributed by atoms with E-state index in [1.54, 1.807) is 36.5 Å². The van der Waals surface area contributed by atoms with Gasteiger partial charge in [0.15, 0.2) is 6.61 Å². The van der Waals surface area contributed by atoms with Gasteiger partial charge in [0.2, 0.25) is 5.88 Å². The summed E-state index contributed by atoms with van der Waals surface area (Å²) in [6, 6.07) is 12.7. The lowest BCUT2D eigenvalue weighted by Gasteiger charge is -2.30. The molecule has 1 saturated heterocycles. The Morgan fingerprint density at radius 1 is 1.21 bits per heavy atom. The van der Waals surface area contributed by atoms with Gasteiger partial charge in [0.25, 0.3) is 5.91 Å². The van der Waals surface area contributed by atoms with Gasteiger partial charge < -0.3 is 14.4 Å². The third kappa shape index (κ3) is 4.47. The molecule has 24 heavy (non-hydrogen) atoms. The number of hydrogen-bond donors (Lipinski definition) is 0. The van der Waals surface area contributed by atoms with Crippen LogP contribution in [0.2, 0.25) is 0 Å². The Bertz CT molecular complexity index is 658. The highest BCUT2D eigenvalue weighted by Crippen LogP contribution is 2.22. The maximum absolute atomic E-state index is 12.2. The molecule has 0 radical (unpaired) electrons. The number of carbonyl (C=O) groups excluding carboxylic acids is 1. The zero-order valence-corrected chi connectivity index (χ0v) is 13.9. The van der Waals surface area contributed by atoms with Gasteiger partial charge in [0.1, 0.15) is 11.5 Å². The van der Waals surface area contributed by atoms with Crippen molar-refractivity contribution in [2.45, 2.75) is 19.8 Å². The minimum atomic E-state index is 0.0513. The molecule has 126 valence electrons. The molecule has 1 aliphatic rings. The van der Waals surface area contributed by atoms with Crippen molar-refractivity contribution in [3.05, 3.63) is 48.7 Å². The second kappa shape index (κ2) is 7.81. The number of piperidine rings is 1. The fourth-order valence-electron chi connectivity index (χ4n) is 2.78. The molecule has 1 atom stereocenters. The number of carbonyl (C=O) groups is 1. The number of nitrogens with zero attached hydrogens (tertiary/aromatic N) is 2. The Hall–Kier alpha value is -2.56. The molecular weight excluding hydrogens is 304 g/mol. The van der Waals surface area contributed by atoms with E-state index in [1.165, 1.54) is 6.42 Å². The van der Waals surface area contributed by atoms with Crippen molar-refractivity contribution in [2.75, 3.05) is 19.7 Å². The number of hydrogen-bond acceptors (Lipinski definition) is 4. The molecule has 5 nitrogen and oxygen atoms in total. The van der Waals surface area contributed by atoms with Crippen molar-refractivity contribution in [2.24, 2.45) is 5.92 Å². The summed E-state index contributed by atoms with van der Waals surface area (Å²) in [4.78, 5) is 18.2. The van der Waals surface area contributed by atoms with Gasteiger partial charge in [-0.3, -0.25) is 4.79 Å².